The van der Waals surface area contributed by atoms with Crippen LogP contribution in [0.4, 0.5) is 13.2 Å². The highest BCUT2D eigenvalue weighted by atomic mass is 19.4. The molecule has 1 rings (SSSR count). The zero-order valence-corrected chi connectivity index (χ0v) is 6.47. The number of alkyl halides is 3. The molecule has 1 heterocycles. The van der Waals surface area contributed by atoms with Crippen LogP contribution in [0.5, 0.6) is 0 Å². The van der Waals surface area contributed by atoms with Crippen molar-refractivity contribution < 1.29 is 13.2 Å². The van der Waals surface area contributed by atoms with Crippen molar-refractivity contribution in [1.29, 1.82) is 5.26 Å². The van der Waals surface area contributed by atoms with E-state index in [0.717, 1.165) is 18.3 Å². The van der Waals surface area contributed by atoms with E-state index in [-0.39, 0.29) is 12.1 Å². The fourth-order valence-electron chi connectivity index (χ4n) is 0.832. The summed E-state index contributed by atoms with van der Waals surface area (Å²) in [6.45, 7) is 0. The maximum absolute atomic E-state index is 12.1. The molecule has 0 amide bonds. The summed E-state index contributed by atoms with van der Waals surface area (Å²) >= 11 is 0. The van der Waals surface area contributed by atoms with Gasteiger partial charge in [-0.2, -0.15) is 18.4 Å². The fraction of sp³-hybridized carbons (Fsp3) is 0.250. The van der Waals surface area contributed by atoms with Gasteiger partial charge in [0.25, 0.3) is 0 Å². The average molecular weight is 186 g/mol. The highest BCUT2D eigenvalue weighted by Gasteiger charge is 2.30. The Labute approximate surface area is 72.6 Å². The second-order valence-corrected chi connectivity index (χ2v) is 2.37. The number of nitriles is 1. The molecule has 0 fully saturated rings. The van der Waals surface area contributed by atoms with Gasteiger partial charge in [0.05, 0.1) is 23.7 Å². The fourth-order valence-corrected chi connectivity index (χ4v) is 0.832. The normalized spacial score (nSPS) is 10.9. The molecular weight excluding hydrogens is 181 g/mol. The van der Waals surface area contributed by atoms with Crippen LogP contribution in [0.2, 0.25) is 0 Å². The van der Waals surface area contributed by atoms with E-state index in [1.165, 1.54) is 0 Å². The van der Waals surface area contributed by atoms with Crippen LogP contribution in [-0.2, 0) is 12.6 Å². The van der Waals surface area contributed by atoms with Crippen LogP contribution in [0.25, 0.3) is 0 Å². The van der Waals surface area contributed by atoms with Crippen LogP contribution < -0.4 is 0 Å². The number of hydrogen-bond acceptors (Lipinski definition) is 2. The lowest BCUT2D eigenvalue weighted by molar-refractivity contribution is -0.137. The predicted octanol–water partition coefficient (Wildman–Crippen LogP) is 2.17. The van der Waals surface area contributed by atoms with Gasteiger partial charge in [-0.15, -0.1) is 0 Å². The Kier molecular flexibility index (Phi) is 2.52. The molecule has 0 unspecified atom stereocenters. The Morgan fingerprint density at radius 2 is 2.15 bits per heavy atom. The molecule has 0 aliphatic rings. The predicted molar refractivity (Wildman–Crippen MR) is 38.6 cm³/mol. The molecule has 5 heteroatoms. The number of nitrogens with zero attached hydrogens (tertiary/aromatic N) is 2. The molecule has 0 saturated carbocycles. The Balaban J connectivity index is 3.00. The minimum atomic E-state index is -4.37. The summed E-state index contributed by atoms with van der Waals surface area (Å²) in [5.74, 6) is 0. The van der Waals surface area contributed by atoms with E-state index in [0.29, 0.717) is 0 Å². The van der Waals surface area contributed by atoms with Gasteiger partial charge in [-0.05, 0) is 12.1 Å². The number of rotatable bonds is 1. The Morgan fingerprint density at radius 1 is 1.46 bits per heavy atom. The molecule has 1 aromatic heterocycles. The first-order chi connectivity index (χ1) is 6.04. The van der Waals surface area contributed by atoms with Gasteiger partial charge >= 0.3 is 6.18 Å². The van der Waals surface area contributed by atoms with Crippen LogP contribution in [0.1, 0.15) is 11.3 Å². The first-order valence-corrected chi connectivity index (χ1v) is 3.43. The summed E-state index contributed by atoms with van der Waals surface area (Å²) in [5.41, 5.74) is -0.634. The highest BCUT2D eigenvalue weighted by Crippen LogP contribution is 2.28. The molecule has 0 aliphatic carbocycles. The third-order valence-electron chi connectivity index (χ3n) is 1.40. The molecule has 0 N–H and O–H groups in total. The van der Waals surface area contributed by atoms with Gasteiger partial charge < -0.3 is 0 Å². The van der Waals surface area contributed by atoms with Crippen molar-refractivity contribution in [3.63, 3.8) is 0 Å². The van der Waals surface area contributed by atoms with Crippen molar-refractivity contribution in [3.05, 3.63) is 29.6 Å². The smallest absolute Gasteiger partial charge is 0.260 e. The lowest BCUT2D eigenvalue weighted by atomic mass is 10.2. The summed E-state index contributed by atoms with van der Waals surface area (Å²) in [4.78, 5) is 3.62. The molecule has 68 valence electrons. The van der Waals surface area contributed by atoms with Crippen LogP contribution in [-0.4, -0.2) is 4.98 Å². The lowest BCUT2D eigenvalue weighted by Gasteiger charge is -2.06. The maximum Gasteiger partial charge on any atom is 0.416 e. The van der Waals surface area contributed by atoms with Gasteiger partial charge in [-0.3, -0.25) is 4.98 Å². The topological polar surface area (TPSA) is 36.7 Å². The van der Waals surface area contributed by atoms with Crippen molar-refractivity contribution >= 4 is 0 Å². The molecule has 0 aliphatic heterocycles. The minimum Gasteiger partial charge on any atom is -0.260 e. The summed E-state index contributed by atoms with van der Waals surface area (Å²) in [6, 6.07) is 3.49. The molecule has 2 nitrogen and oxygen atoms in total. The van der Waals surface area contributed by atoms with Crippen molar-refractivity contribution in [1.82, 2.24) is 4.98 Å². The van der Waals surface area contributed by atoms with Crippen molar-refractivity contribution in [2.45, 2.75) is 12.6 Å². The molecule has 1 aromatic rings. The van der Waals surface area contributed by atoms with Gasteiger partial charge in [0.2, 0.25) is 0 Å². The van der Waals surface area contributed by atoms with E-state index in [1.807, 2.05) is 0 Å². The summed E-state index contributed by atoms with van der Waals surface area (Å²) in [6.07, 6.45) is -3.42. The Bertz CT molecular complexity index is 338. The average Bonchev–Trinajstić information content (AvgIpc) is 2.04. The van der Waals surface area contributed by atoms with Gasteiger partial charge in [0, 0.05) is 6.20 Å². The Hall–Kier alpha value is -1.57. The van der Waals surface area contributed by atoms with Gasteiger partial charge in [0.15, 0.2) is 0 Å². The molecule has 0 bridgehead atoms. The standard InChI is InChI=1S/C8H5F3N2/c9-8(10,11)6-2-4-13-7(5-6)1-3-12/h2,4-5H,1H2. The largest absolute Gasteiger partial charge is 0.416 e. The van der Waals surface area contributed by atoms with E-state index in [1.54, 1.807) is 6.07 Å². The minimum absolute atomic E-state index is 0.107. The second kappa shape index (κ2) is 3.44. The summed E-state index contributed by atoms with van der Waals surface area (Å²) < 4.78 is 36.3. The van der Waals surface area contributed by atoms with E-state index < -0.39 is 11.7 Å². The lowest BCUT2D eigenvalue weighted by Crippen LogP contribution is -2.05. The number of aromatic nitrogens is 1. The van der Waals surface area contributed by atoms with Crippen molar-refractivity contribution in [3.8, 4) is 6.07 Å². The first kappa shape index (κ1) is 9.52. The second-order valence-electron chi connectivity index (χ2n) is 2.37. The van der Waals surface area contributed by atoms with Crippen LogP contribution in [0.3, 0.4) is 0 Å². The third kappa shape index (κ3) is 2.44. The van der Waals surface area contributed by atoms with Crippen LogP contribution in [0, 0.1) is 11.3 Å². The zero-order chi connectivity index (χ0) is 9.90. The van der Waals surface area contributed by atoms with E-state index in [9.17, 15) is 13.2 Å². The number of pyridine rings is 1. The summed E-state index contributed by atoms with van der Waals surface area (Å²) in [7, 11) is 0. The van der Waals surface area contributed by atoms with E-state index in [2.05, 4.69) is 4.98 Å². The first-order valence-electron chi connectivity index (χ1n) is 3.43. The van der Waals surface area contributed by atoms with E-state index in [4.69, 9.17) is 5.26 Å². The monoisotopic (exact) mass is 186 g/mol. The quantitative estimate of drug-likeness (QED) is 0.673. The summed E-state index contributed by atoms with van der Waals surface area (Å²) in [5, 5.41) is 8.24. The molecule has 13 heavy (non-hydrogen) atoms. The Morgan fingerprint density at radius 3 is 2.69 bits per heavy atom. The van der Waals surface area contributed by atoms with Crippen molar-refractivity contribution in [2.24, 2.45) is 0 Å². The van der Waals surface area contributed by atoms with Crippen LogP contribution >= 0.6 is 0 Å². The number of halogens is 3. The molecule has 0 atom stereocenters. The maximum atomic E-state index is 12.1. The molecule has 0 spiro atoms. The highest BCUT2D eigenvalue weighted by molar-refractivity contribution is 5.20. The third-order valence-corrected chi connectivity index (χ3v) is 1.40. The van der Waals surface area contributed by atoms with Crippen LogP contribution in [0.15, 0.2) is 18.3 Å². The molecule has 0 aromatic carbocycles. The van der Waals surface area contributed by atoms with Crippen molar-refractivity contribution in [2.75, 3.05) is 0 Å². The molecule has 0 saturated heterocycles. The van der Waals surface area contributed by atoms with E-state index >= 15 is 0 Å². The number of hydrogen-bond donors (Lipinski definition) is 0. The molecular formula is C8H5F3N2. The SMILES string of the molecule is N#CCc1cc(C(F)(F)F)ccn1. The molecule has 0 radical (unpaired) electrons. The van der Waals surface area contributed by atoms with Gasteiger partial charge in [-0.25, -0.2) is 0 Å². The van der Waals surface area contributed by atoms with Gasteiger partial charge in [0.1, 0.15) is 0 Å². The zero-order valence-electron chi connectivity index (χ0n) is 6.47. The van der Waals surface area contributed by atoms with Gasteiger partial charge in [-0.1, -0.05) is 0 Å².